The van der Waals surface area contributed by atoms with Crippen molar-refractivity contribution >= 4 is 5.91 Å². The Bertz CT molecular complexity index is 319. The molecule has 2 heterocycles. The molecule has 2 N–H and O–H groups in total. The summed E-state index contributed by atoms with van der Waals surface area (Å²) in [7, 11) is 0. The molecular weight excluding hydrogens is 178 g/mol. The van der Waals surface area contributed by atoms with Crippen molar-refractivity contribution < 1.29 is 4.79 Å². The molecule has 14 heavy (non-hydrogen) atoms. The summed E-state index contributed by atoms with van der Waals surface area (Å²) in [6.07, 6.45) is 3.56. The predicted molar refractivity (Wildman–Crippen MR) is 52.2 cm³/mol. The van der Waals surface area contributed by atoms with E-state index >= 15 is 0 Å². The fourth-order valence-corrected chi connectivity index (χ4v) is 1.63. The van der Waals surface area contributed by atoms with Gasteiger partial charge in [0.05, 0.1) is 5.92 Å². The van der Waals surface area contributed by atoms with Gasteiger partial charge in [-0.2, -0.15) is 0 Å². The van der Waals surface area contributed by atoms with Crippen LogP contribution in [-0.2, 0) is 11.3 Å². The molecule has 0 unspecified atom stereocenters. The number of nitrogens with two attached hydrogens (primary N) is 1. The van der Waals surface area contributed by atoms with E-state index in [1.165, 1.54) is 5.56 Å². The van der Waals surface area contributed by atoms with E-state index in [2.05, 4.69) is 9.88 Å². The average Bonchev–Trinajstić information content (AvgIpc) is 2.12. The van der Waals surface area contributed by atoms with Crippen LogP contribution in [0.15, 0.2) is 24.5 Å². The van der Waals surface area contributed by atoms with Gasteiger partial charge in [0.2, 0.25) is 5.91 Å². The molecule has 1 fully saturated rings. The molecule has 0 bridgehead atoms. The third-order valence-electron chi connectivity index (χ3n) is 2.52. The highest BCUT2D eigenvalue weighted by Gasteiger charge is 2.30. The minimum Gasteiger partial charge on any atom is -0.369 e. The first-order valence-electron chi connectivity index (χ1n) is 4.66. The Morgan fingerprint density at radius 1 is 1.50 bits per heavy atom. The number of hydrogen-bond donors (Lipinski definition) is 1. The molecule has 1 aliphatic heterocycles. The van der Waals surface area contributed by atoms with E-state index in [4.69, 9.17) is 5.73 Å². The smallest absolute Gasteiger partial charge is 0.223 e. The van der Waals surface area contributed by atoms with Gasteiger partial charge in [-0.1, -0.05) is 0 Å². The van der Waals surface area contributed by atoms with Gasteiger partial charge in [0.15, 0.2) is 0 Å². The second kappa shape index (κ2) is 3.75. The number of carbonyl (C=O) groups is 1. The van der Waals surface area contributed by atoms with E-state index in [0.29, 0.717) is 0 Å². The number of likely N-dealkylation sites (tertiary alicyclic amines) is 1. The molecule has 0 aliphatic carbocycles. The molecule has 0 radical (unpaired) electrons. The van der Waals surface area contributed by atoms with Crippen LogP contribution in [0.5, 0.6) is 0 Å². The standard InChI is InChI=1S/C10H13N3O/c11-10(14)9-6-13(7-9)5-8-1-3-12-4-2-8/h1-4,9H,5-7H2,(H2,11,14). The molecule has 2 rings (SSSR count). The summed E-state index contributed by atoms with van der Waals surface area (Å²) in [6, 6.07) is 3.97. The molecule has 1 aromatic heterocycles. The fourth-order valence-electron chi connectivity index (χ4n) is 1.63. The Hall–Kier alpha value is -1.42. The first-order valence-corrected chi connectivity index (χ1v) is 4.66. The van der Waals surface area contributed by atoms with E-state index in [9.17, 15) is 4.79 Å². The van der Waals surface area contributed by atoms with Crippen LogP contribution in [-0.4, -0.2) is 28.9 Å². The van der Waals surface area contributed by atoms with Crippen molar-refractivity contribution in [3.63, 3.8) is 0 Å². The summed E-state index contributed by atoms with van der Waals surface area (Å²) in [6.45, 7) is 2.46. The second-order valence-corrected chi connectivity index (χ2v) is 3.65. The SMILES string of the molecule is NC(=O)C1CN(Cc2ccncc2)C1. The number of rotatable bonds is 3. The lowest BCUT2D eigenvalue weighted by atomic mass is 9.99. The van der Waals surface area contributed by atoms with Crippen molar-refractivity contribution in [3.8, 4) is 0 Å². The minimum atomic E-state index is -0.184. The van der Waals surface area contributed by atoms with Gasteiger partial charge < -0.3 is 5.73 Å². The van der Waals surface area contributed by atoms with Gasteiger partial charge in [0.1, 0.15) is 0 Å². The minimum absolute atomic E-state index is 0.0526. The normalized spacial score (nSPS) is 17.7. The Morgan fingerprint density at radius 2 is 2.14 bits per heavy atom. The molecular formula is C10H13N3O. The number of carbonyl (C=O) groups excluding carboxylic acids is 1. The molecule has 0 aromatic carbocycles. The lowest BCUT2D eigenvalue weighted by Crippen LogP contribution is -2.51. The van der Waals surface area contributed by atoms with Gasteiger partial charge in [-0.15, -0.1) is 0 Å². The zero-order valence-corrected chi connectivity index (χ0v) is 7.89. The van der Waals surface area contributed by atoms with Gasteiger partial charge in [0, 0.05) is 32.0 Å². The largest absolute Gasteiger partial charge is 0.369 e. The average molecular weight is 191 g/mol. The molecule has 1 amide bonds. The molecule has 0 saturated carbocycles. The van der Waals surface area contributed by atoms with Crippen LogP contribution in [0.25, 0.3) is 0 Å². The predicted octanol–water partition coefficient (Wildman–Crippen LogP) is -0.00130. The van der Waals surface area contributed by atoms with Gasteiger partial charge in [0.25, 0.3) is 0 Å². The zero-order chi connectivity index (χ0) is 9.97. The van der Waals surface area contributed by atoms with Crippen LogP contribution in [0.4, 0.5) is 0 Å². The highest BCUT2D eigenvalue weighted by atomic mass is 16.1. The van der Waals surface area contributed by atoms with Crippen molar-refractivity contribution in [1.82, 2.24) is 9.88 Å². The number of nitrogens with zero attached hydrogens (tertiary/aromatic N) is 2. The summed E-state index contributed by atoms with van der Waals surface area (Å²) in [5, 5.41) is 0. The third-order valence-corrected chi connectivity index (χ3v) is 2.52. The summed E-state index contributed by atoms with van der Waals surface area (Å²) in [4.78, 5) is 16.9. The van der Waals surface area contributed by atoms with Crippen LogP contribution in [0.1, 0.15) is 5.56 Å². The topological polar surface area (TPSA) is 59.2 Å². The lowest BCUT2D eigenvalue weighted by Gasteiger charge is -2.37. The highest BCUT2D eigenvalue weighted by molar-refractivity contribution is 5.78. The summed E-state index contributed by atoms with van der Waals surface area (Å²) in [5.41, 5.74) is 6.40. The van der Waals surface area contributed by atoms with E-state index in [0.717, 1.165) is 19.6 Å². The van der Waals surface area contributed by atoms with Crippen LogP contribution < -0.4 is 5.73 Å². The van der Waals surface area contributed by atoms with Crippen LogP contribution in [0.3, 0.4) is 0 Å². The molecule has 0 spiro atoms. The van der Waals surface area contributed by atoms with Crippen molar-refractivity contribution in [1.29, 1.82) is 0 Å². The van der Waals surface area contributed by atoms with E-state index < -0.39 is 0 Å². The van der Waals surface area contributed by atoms with Crippen molar-refractivity contribution in [2.45, 2.75) is 6.54 Å². The van der Waals surface area contributed by atoms with Crippen LogP contribution >= 0.6 is 0 Å². The summed E-state index contributed by atoms with van der Waals surface area (Å²) in [5.74, 6) is -0.132. The molecule has 74 valence electrons. The number of amides is 1. The number of aromatic nitrogens is 1. The lowest BCUT2D eigenvalue weighted by molar-refractivity contribution is -0.127. The monoisotopic (exact) mass is 191 g/mol. The Morgan fingerprint density at radius 3 is 2.71 bits per heavy atom. The fraction of sp³-hybridized carbons (Fsp3) is 0.400. The molecule has 4 nitrogen and oxygen atoms in total. The van der Waals surface area contributed by atoms with Crippen LogP contribution in [0.2, 0.25) is 0 Å². The molecule has 1 aliphatic rings. The highest BCUT2D eigenvalue weighted by Crippen LogP contribution is 2.17. The Labute approximate surface area is 82.7 Å². The summed E-state index contributed by atoms with van der Waals surface area (Å²) < 4.78 is 0. The van der Waals surface area contributed by atoms with Crippen molar-refractivity contribution in [3.05, 3.63) is 30.1 Å². The van der Waals surface area contributed by atoms with Gasteiger partial charge >= 0.3 is 0 Å². The zero-order valence-electron chi connectivity index (χ0n) is 7.89. The molecule has 0 atom stereocenters. The molecule has 1 aromatic rings. The quantitative estimate of drug-likeness (QED) is 0.731. The maximum atomic E-state index is 10.8. The Kier molecular flexibility index (Phi) is 2.45. The Balaban J connectivity index is 1.82. The van der Waals surface area contributed by atoms with E-state index in [1.54, 1.807) is 12.4 Å². The maximum absolute atomic E-state index is 10.8. The van der Waals surface area contributed by atoms with Crippen molar-refractivity contribution in [2.24, 2.45) is 11.7 Å². The first-order chi connectivity index (χ1) is 6.75. The van der Waals surface area contributed by atoms with Gasteiger partial charge in [-0.3, -0.25) is 14.7 Å². The maximum Gasteiger partial charge on any atom is 0.223 e. The van der Waals surface area contributed by atoms with E-state index in [1.807, 2.05) is 12.1 Å². The number of hydrogen-bond acceptors (Lipinski definition) is 3. The van der Waals surface area contributed by atoms with Crippen LogP contribution in [0, 0.1) is 5.92 Å². The van der Waals surface area contributed by atoms with Gasteiger partial charge in [-0.25, -0.2) is 0 Å². The second-order valence-electron chi connectivity index (χ2n) is 3.65. The van der Waals surface area contributed by atoms with E-state index in [-0.39, 0.29) is 11.8 Å². The first kappa shape index (κ1) is 9.15. The molecule has 1 saturated heterocycles. The third kappa shape index (κ3) is 1.90. The number of primary amides is 1. The number of pyridine rings is 1. The summed E-state index contributed by atoms with van der Waals surface area (Å²) >= 11 is 0. The molecule has 4 heteroatoms. The van der Waals surface area contributed by atoms with Crippen molar-refractivity contribution in [2.75, 3.05) is 13.1 Å². The van der Waals surface area contributed by atoms with Gasteiger partial charge in [-0.05, 0) is 17.7 Å².